The third-order valence-electron chi connectivity index (χ3n) is 4.33. The SMILES string of the molecule is Cc1cc(C(=O)NC(C)c2ccc3c(c2)OCO3)c2ccccc2n1. The second-order valence-electron chi connectivity index (χ2n) is 6.14. The summed E-state index contributed by atoms with van der Waals surface area (Å²) in [4.78, 5) is 17.3. The number of pyridine rings is 1. The highest BCUT2D eigenvalue weighted by Gasteiger charge is 2.18. The van der Waals surface area contributed by atoms with Crippen LogP contribution in [0, 0.1) is 6.92 Å². The Kier molecular flexibility index (Phi) is 3.76. The number of carbonyl (C=O) groups is 1. The topological polar surface area (TPSA) is 60.5 Å². The molecule has 5 heteroatoms. The lowest BCUT2D eigenvalue weighted by atomic mass is 10.0. The number of fused-ring (bicyclic) bond motifs is 2. The van der Waals surface area contributed by atoms with Crippen molar-refractivity contribution in [1.29, 1.82) is 0 Å². The lowest BCUT2D eigenvalue weighted by Crippen LogP contribution is -2.27. The lowest BCUT2D eigenvalue weighted by molar-refractivity contribution is 0.0941. The van der Waals surface area contributed by atoms with Crippen molar-refractivity contribution in [2.24, 2.45) is 0 Å². The molecule has 4 rings (SSSR count). The number of hydrogen-bond donors (Lipinski definition) is 1. The zero-order chi connectivity index (χ0) is 17.4. The van der Waals surface area contributed by atoms with Gasteiger partial charge in [-0.1, -0.05) is 24.3 Å². The van der Waals surface area contributed by atoms with Gasteiger partial charge in [0.1, 0.15) is 0 Å². The first kappa shape index (κ1) is 15.4. The van der Waals surface area contributed by atoms with Gasteiger partial charge < -0.3 is 14.8 Å². The van der Waals surface area contributed by atoms with Crippen LogP contribution in [-0.2, 0) is 0 Å². The Hall–Kier alpha value is -3.08. The first-order valence-corrected chi connectivity index (χ1v) is 8.18. The Labute approximate surface area is 145 Å². The van der Waals surface area contributed by atoms with Crippen LogP contribution in [0.4, 0.5) is 0 Å². The van der Waals surface area contributed by atoms with E-state index in [9.17, 15) is 4.79 Å². The molecule has 1 aromatic heterocycles. The number of ether oxygens (including phenoxy) is 2. The molecule has 25 heavy (non-hydrogen) atoms. The standard InChI is InChI=1S/C20H18N2O3/c1-12-9-16(15-5-3-4-6-17(15)21-12)20(23)22-13(2)14-7-8-18-19(10-14)25-11-24-18/h3-10,13H,11H2,1-2H3,(H,22,23). The van der Waals surface area contributed by atoms with Crippen molar-refractivity contribution in [2.45, 2.75) is 19.9 Å². The zero-order valence-electron chi connectivity index (χ0n) is 14.1. The fraction of sp³-hybridized carbons (Fsp3) is 0.200. The molecular weight excluding hydrogens is 316 g/mol. The Morgan fingerprint density at radius 3 is 2.80 bits per heavy atom. The van der Waals surface area contributed by atoms with Crippen molar-refractivity contribution < 1.29 is 14.3 Å². The molecule has 2 aromatic carbocycles. The van der Waals surface area contributed by atoms with Crippen molar-refractivity contribution >= 4 is 16.8 Å². The van der Waals surface area contributed by atoms with E-state index in [0.717, 1.165) is 27.9 Å². The first-order valence-electron chi connectivity index (χ1n) is 8.18. The first-order chi connectivity index (χ1) is 12.1. The van der Waals surface area contributed by atoms with E-state index in [1.54, 1.807) is 0 Å². The summed E-state index contributed by atoms with van der Waals surface area (Å²) < 4.78 is 10.7. The molecule has 0 saturated heterocycles. The largest absolute Gasteiger partial charge is 0.454 e. The van der Waals surface area contributed by atoms with Gasteiger partial charge in [0.25, 0.3) is 5.91 Å². The quantitative estimate of drug-likeness (QED) is 0.792. The molecular formula is C20H18N2O3. The molecule has 1 amide bonds. The molecule has 2 heterocycles. The minimum Gasteiger partial charge on any atom is -0.454 e. The molecule has 1 atom stereocenters. The Bertz CT molecular complexity index is 968. The molecule has 0 saturated carbocycles. The van der Waals surface area contributed by atoms with Gasteiger partial charge in [-0.15, -0.1) is 0 Å². The number of hydrogen-bond acceptors (Lipinski definition) is 4. The third-order valence-corrected chi connectivity index (χ3v) is 4.33. The summed E-state index contributed by atoms with van der Waals surface area (Å²) in [5.41, 5.74) is 3.24. The van der Waals surface area contributed by atoms with Crippen LogP contribution in [0.25, 0.3) is 10.9 Å². The number of nitrogens with zero attached hydrogens (tertiary/aromatic N) is 1. The fourth-order valence-electron chi connectivity index (χ4n) is 3.04. The van der Waals surface area contributed by atoms with Crippen LogP contribution in [0.15, 0.2) is 48.5 Å². The summed E-state index contributed by atoms with van der Waals surface area (Å²) in [6.07, 6.45) is 0. The normalized spacial score (nSPS) is 13.7. The molecule has 5 nitrogen and oxygen atoms in total. The minimum absolute atomic E-state index is 0.119. The van der Waals surface area contributed by atoms with Crippen LogP contribution in [0.1, 0.15) is 34.6 Å². The molecule has 1 aliphatic heterocycles. The minimum atomic E-state index is -0.158. The van der Waals surface area contributed by atoms with E-state index in [-0.39, 0.29) is 18.7 Å². The van der Waals surface area contributed by atoms with E-state index in [4.69, 9.17) is 9.47 Å². The lowest BCUT2D eigenvalue weighted by Gasteiger charge is -2.16. The molecule has 3 aromatic rings. The molecule has 0 spiro atoms. The van der Waals surface area contributed by atoms with E-state index >= 15 is 0 Å². The predicted octanol–water partition coefficient (Wildman–Crippen LogP) is 3.76. The van der Waals surface area contributed by atoms with Crippen LogP contribution < -0.4 is 14.8 Å². The number of benzene rings is 2. The number of aryl methyl sites for hydroxylation is 1. The predicted molar refractivity (Wildman–Crippen MR) is 94.9 cm³/mol. The monoisotopic (exact) mass is 334 g/mol. The fourth-order valence-corrected chi connectivity index (χ4v) is 3.04. The van der Waals surface area contributed by atoms with E-state index in [2.05, 4.69) is 10.3 Å². The number of amides is 1. The summed E-state index contributed by atoms with van der Waals surface area (Å²) in [6.45, 7) is 4.08. The molecule has 1 unspecified atom stereocenters. The van der Waals surface area contributed by atoms with Gasteiger partial charge in [0.2, 0.25) is 6.79 Å². The summed E-state index contributed by atoms with van der Waals surface area (Å²) in [7, 11) is 0. The zero-order valence-corrected chi connectivity index (χ0v) is 14.1. The van der Waals surface area contributed by atoms with Crippen molar-refractivity contribution in [3.05, 3.63) is 65.4 Å². The number of aromatic nitrogens is 1. The Morgan fingerprint density at radius 1 is 1.12 bits per heavy atom. The molecule has 1 N–H and O–H groups in total. The second-order valence-corrected chi connectivity index (χ2v) is 6.14. The maximum atomic E-state index is 12.8. The smallest absolute Gasteiger partial charge is 0.252 e. The Morgan fingerprint density at radius 2 is 1.92 bits per heavy atom. The van der Waals surface area contributed by atoms with Gasteiger partial charge in [0.05, 0.1) is 17.1 Å². The third kappa shape index (κ3) is 2.89. The number of carbonyl (C=O) groups excluding carboxylic acids is 1. The van der Waals surface area contributed by atoms with Crippen LogP contribution in [-0.4, -0.2) is 17.7 Å². The van der Waals surface area contributed by atoms with Gasteiger partial charge >= 0.3 is 0 Å². The van der Waals surface area contributed by atoms with E-state index in [1.807, 2.05) is 62.4 Å². The summed E-state index contributed by atoms with van der Waals surface area (Å²) in [5.74, 6) is 1.33. The van der Waals surface area contributed by atoms with Crippen molar-refractivity contribution in [3.8, 4) is 11.5 Å². The molecule has 0 radical (unpaired) electrons. The van der Waals surface area contributed by atoms with Crippen molar-refractivity contribution in [2.75, 3.05) is 6.79 Å². The van der Waals surface area contributed by atoms with E-state index in [0.29, 0.717) is 11.3 Å². The molecule has 126 valence electrons. The van der Waals surface area contributed by atoms with Crippen molar-refractivity contribution in [1.82, 2.24) is 10.3 Å². The average Bonchev–Trinajstić information content (AvgIpc) is 3.08. The maximum Gasteiger partial charge on any atom is 0.252 e. The highest BCUT2D eigenvalue weighted by Crippen LogP contribution is 2.34. The molecule has 0 bridgehead atoms. The highest BCUT2D eigenvalue weighted by molar-refractivity contribution is 6.06. The number of para-hydroxylation sites is 1. The van der Waals surface area contributed by atoms with Crippen LogP contribution in [0.5, 0.6) is 11.5 Å². The van der Waals surface area contributed by atoms with Crippen LogP contribution in [0.2, 0.25) is 0 Å². The van der Waals surface area contributed by atoms with Gasteiger partial charge in [0.15, 0.2) is 11.5 Å². The molecule has 0 fully saturated rings. The van der Waals surface area contributed by atoms with Gasteiger partial charge in [-0.05, 0) is 43.7 Å². The van der Waals surface area contributed by atoms with Crippen LogP contribution >= 0.6 is 0 Å². The summed E-state index contributed by atoms with van der Waals surface area (Å²) in [5, 5.41) is 3.91. The highest BCUT2D eigenvalue weighted by atomic mass is 16.7. The van der Waals surface area contributed by atoms with Gasteiger partial charge in [-0.3, -0.25) is 9.78 Å². The Balaban J connectivity index is 1.62. The van der Waals surface area contributed by atoms with Gasteiger partial charge in [-0.25, -0.2) is 0 Å². The number of rotatable bonds is 3. The van der Waals surface area contributed by atoms with E-state index in [1.165, 1.54) is 0 Å². The second kappa shape index (κ2) is 6.09. The van der Waals surface area contributed by atoms with E-state index < -0.39 is 0 Å². The molecule has 1 aliphatic rings. The average molecular weight is 334 g/mol. The summed E-state index contributed by atoms with van der Waals surface area (Å²) in [6, 6.07) is 15.0. The number of nitrogens with one attached hydrogen (secondary N) is 1. The maximum absolute atomic E-state index is 12.8. The summed E-state index contributed by atoms with van der Waals surface area (Å²) >= 11 is 0. The van der Waals surface area contributed by atoms with Crippen molar-refractivity contribution in [3.63, 3.8) is 0 Å². The molecule has 0 aliphatic carbocycles. The van der Waals surface area contributed by atoms with Crippen LogP contribution in [0.3, 0.4) is 0 Å². The van der Waals surface area contributed by atoms with Gasteiger partial charge in [-0.2, -0.15) is 0 Å². The van der Waals surface area contributed by atoms with Gasteiger partial charge in [0, 0.05) is 11.1 Å².